The van der Waals surface area contributed by atoms with Crippen LogP contribution in [-0.4, -0.2) is 5.11 Å². The Balaban J connectivity index is 3.28. The first-order valence-electron chi connectivity index (χ1n) is 3.35. The largest absolute Gasteiger partial charge is 0.388 e. The number of halogens is 3. The lowest BCUT2D eigenvalue weighted by Gasteiger charge is -2.07. The fourth-order valence-electron chi connectivity index (χ4n) is 0.952. The molecular weight excluding hydrogens is 230 g/mol. The van der Waals surface area contributed by atoms with Gasteiger partial charge in [-0.15, -0.1) is 0 Å². The van der Waals surface area contributed by atoms with Gasteiger partial charge in [-0.3, -0.25) is 0 Å². The van der Waals surface area contributed by atoms with E-state index in [4.69, 9.17) is 5.11 Å². The molecule has 0 saturated heterocycles. The Kier molecular flexibility index (Phi) is 2.80. The summed E-state index contributed by atoms with van der Waals surface area (Å²) in [6.07, 6.45) is -1.13. The molecule has 0 aliphatic heterocycles. The van der Waals surface area contributed by atoms with E-state index in [2.05, 4.69) is 15.9 Å². The van der Waals surface area contributed by atoms with Gasteiger partial charge in [-0.05, 0) is 19.1 Å². The zero-order chi connectivity index (χ0) is 9.30. The van der Waals surface area contributed by atoms with E-state index in [9.17, 15) is 8.78 Å². The topological polar surface area (TPSA) is 20.2 Å². The highest BCUT2D eigenvalue weighted by atomic mass is 79.9. The smallest absolute Gasteiger partial charge is 0.133 e. The first kappa shape index (κ1) is 9.61. The van der Waals surface area contributed by atoms with Crippen molar-refractivity contribution in [1.29, 1.82) is 0 Å². The number of benzene rings is 1. The second kappa shape index (κ2) is 3.49. The van der Waals surface area contributed by atoms with Gasteiger partial charge in [0, 0.05) is 4.47 Å². The minimum absolute atomic E-state index is 0.293. The fourth-order valence-corrected chi connectivity index (χ4v) is 1.35. The summed E-state index contributed by atoms with van der Waals surface area (Å²) in [7, 11) is 0. The Morgan fingerprint density at radius 1 is 1.33 bits per heavy atom. The summed E-state index contributed by atoms with van der Waals surface area (Å²) in [6.45, 7) is 1.31. The molecule has 0 radical (unpaired) electrons. The van der Waals surface area contributed by atoms with Crippen LogP contribution >= 0.6 is 15.9 Å². The first-order valence-corrected chi connectivity index (χ1v) is 4.14. The lowest BCUT2D eigenvalue weighted by Crippen LogP contribution is -2.00. The first-order chi connectivity index (χ1) is 5.52. The third kappa shape index (κ3) is 1.81. The van der Waals surface area contributed by atoms with Gasteiger partial charge in [0.1, 0.15) is 11.6 Å². The standard InChI is InChI=1S/C8H7BrF2O/c1-4(12)8-6(10)2-5(9)3-7(8)11/h2-4,12H,1H3/t4-/m0/s1. The van der Waals surface area contributed by atoms with Crippen LogP contribution in [0, 0.1) is 11.6 Å². The normalized spacial score (nSPS) is 13.1. The van der Waals surface area contributed by atoms with Crippen LogP contribution in [0.4, 0.5) is 8.78 Å². The summed E-state index contributed by atoms with van der Waals surface area (Å²) in [6, 6.07) is 2.23. The van der Waals surface area contributed by atoms with Crippen molar-refractivity contribution < 1.29 is 13.9 Å². The summed E-state index contributed by atoms with van der Waals surface area (Å²) in [4.78, 5) is 0. The van der Waals surface area contributed by atoms with Gasteiger partial charge in [-0.2, -0.15) is 0 Å². The summed E-state index contributed by atoms with van der Waals surface area (Å²) < 4.78 is 26.2. The van der Waals surface area contributed by atoms with Crippen molar-refractivity contribution in [3.63, 3.8) is 0 Å². The third-order valence-corrected chi connectivity index (χ3v) is 1.92. The highest BCUT2D eigenvalue weighted by molar-refractivity contribution is 9.10. The fraction of sp³-hybridized carbons (Fsp3) is 0.250. The molecule has 1 aromatic carbocycles. The second-order valence-electron chi connectivity index (χ2n) is 2.46. The number of rotatable bonds is 1. The maximum absolute atomic E-state index is 12.9. The van der Waals surface area contributed by atoms with Crippen molar-refractivity contribution in [2.75, 3.05) is 0 Å². The van der Waals surface area contributed by atoms with Crippen LogP contribution < -0.4 is 0 Å². The molecule has 4 heteroatoms. The summed E-state index contributed by atoms with van der Waals surface area (Å²) in [5.74, 6) is -1.48. The van der Waals surface area contributed by atoms with Crippen LogP contribution in [0.25, 0.3) is 0 Å². The van der Waals surface area contributed by atoms with Gasteiger partial charge in [0.2, 0.25) is 0 Å². The van der Waals surface area contributed by atoms with Gasteiger partial charge in [0.05, 0.1) is 11.7 Å². The van der Waals surface area contributed by atoms with Crippen LogP contribution in [0.2, 0.25) is 0 Å². The molecule has 1 aromatic rings. The van der Waals surface area contributed by atoms with Crippen LogP contribution in [0.5, 0.6) is 0 Å². The highest BCUT2D eigenvalue weighted by Crippen LogP contribution is 2.24. The Bertz CT molecular complexity index is 276. The van der Waals surface area contributed by atoms with Crippen molar-refractivity contribution in [3.05, 3.63) is 33.8 Å². The summed E-state index contributed by atoms with van der Waals surface area (Å²) in [5, 5.41) is 8.98. The van der Waals surface area contributed by atoms with E-state index in [1.807, 2.05) is 0 Å². The molecule has 0 heterocycles. The van der Waals surface area contributed by atoms with Gasteiger partial charge in [0.25, 0.3) is 0 Å². The highest BCUT2D eigenvalue weighted by Gasteiger charge is 2.14. The molecule has 0 bridgehead atoms. The monoisotopic (exact) mass is 236 g/mol. The van der Waals surface area contributed by atoms with Gasteiger partial charge in [-0.25, -0.2) is 8.78 Å². The van der Waals surface area contributed by atoms with Gasteiger partial charge in [0.15, 0.2) is 0 Å². The number of aliphatic hydroxyl groups is 1. The van der Waals surface area contributed by atoms with E-state index in [0.717, 1.165) is 12.1 Å². The van der Waals surface area contributed by atoms with Crippen molar-refractivity contribution in [1.82, 2.24) is 0 Å². The second-order valence-corrected chi connectivity index (χ2v) is 3.37. The molecule has 0 fully saturated rings. The minimum atomic E-state index is -1.13. The molecule has 1 rings (SSSR count). The van der Waals surface area contributed by atoms with Crippen molar-refractivity contribution >= 4 is 15.9 Å². The average molecular weight is 237 g/mol. The van der Waals surface area contributed by atoms with Crippen LogP contribution in [0.1, 0.15) is 18.6 Å². The Labute approximate surface area is 77.2 Å². The Morgan fingerprint density at radius 2 is 1.75 bits per heavy atom. The zero-order valence-corrected chi connectivity index (χ0v) is 7.90. The van der Waals surface area contributed by atoms with Gasteiger partial charge < -0.3 is 5.11 Å². The van der Waals surface area contributed by atoms with Crippen molar-refractivity contribution in [2.24, 2.45) is 0 Å². The zero-order valence-electron chi connectivity index (χ0n) is 6.31. The lowest BCUT2D eigenvalue weighted by molar-refractivity contribution is 0.188. The molecule has 0 unspecified atom stereocenters. The predicted octanol–water partition coefficient (Wildman–Crippen LogP) is 2.78. The van der Waals surface area contributed by atoms with Crippen molar-refractivity contribution in [2.45, 2.75) is 13.0 Å². The molecule has 66 valence electrons. The SMILES string of the molecule is C[C@H](O)c1c(F)cc(Br)cc1F. The maximum atomic E-state index is 12.9. The van der Waals surface area contributed by atoms with E-state index < -0.39 is 17.7 Å². The van der Waals surface area contributed by atoms with Gasteiger partial charge >= 0.3 is 0 Å². The quantitative estimate of drug-likeness (QED) is 0.796. The van der Waals surface area contributed by atoms with E-state index in [0.29, 0.717) is 4.47 Å². The van der Waals surface area contributed by atoms with E-state index in [1.165, 1.54) is 6.92 Å². The Morgan fingerprint density at radius 3 is 2.08 bits per heavy atom. The molecule has 0 amide bonds. The Hall–Kier alpha value is -0.480. The molecule has 0 aliphatic rings. The molecule has 12 heavy (non-hydrogen) atoms. The average Bonchev–Trinajstić information content (AvgIpc) is 1.82. The third-order valence-electron chi connectivity index (χ3n) is 1.46. The minimum Gasteiger partial charge on any atom is -0.388 e. The summed E-state index contributed by atoms with van der Waals surface area (Å²) >= 11 is 2.93. The van der Waals surface area contributed by atoms with E-state index in [1.54, 1.807) is 0 Å². The summed E-state index contributed by atoms with van der Waals surface area (Å²) in [5.41, 5.74) is -0.293. The molecule has 1 atom stereocenters. The molecule has 0 aliphatic carbocycles. The molecule has 1 N–H and O–H groups in total. The van der Waals surface area contributed by atoms with Gasteiger partial charge in [-0.1, -0.05) is 15.9 Å². The number of aliphatic hydroxyl groups excluding tert-OH is 1. The number of hydrogen-bond donors (Lipinski definition) is 1. The van der Waals surface area contributed by atoms with Crippen LogP contribution in [0.15, 0.2) is 16.6 Å². The molecule has 0 saturated carbocycles. The number of hydrogen-bond acceptors (Lipinski definition) is 1. The van der Waals surface area contributed by atoms with Crippen LogP contribution in [-0.2, 0) is 0 Å². The van der Waals surface area contributed by atoms with E-state index >= 15 is 0 Å². The molecular formula is C8H7BrF2O. The molecule has 0 spiro atoms. The van der Waals surface area contributed by atoms with Crippen LogP contribution in [0.3, 0.4) is 0 Å². The van der Waals surface area contributed by atoms with Crippen molar-refractivity contribution in [3.8, 4) is 0 Å². The van der Waals surface area contributed by atoms with E-state index in [-0.39, 0.29) is 5.56 Å². The molecule has 0 aromatic heterocycles. The maximum Gasteiger partial charge on any atom is 0.133 e. The lowest BCUT2D eigenvalue weighted by atomic mass is 10.1. The predicted molar refractivity (Wildman–Crippen MR) is 44.7 cm³/mol. The molecule has 1 nitrogen and oxygen atoms in total.